The monoisotopic (exact) mass is 779 g/mol. The molecule has 0 saturated carbocycles. The van der Waals surface area contributed by atoms with Gasteiger partial charge in [0.15, 0.2) is 5.82 Å². The van der Waals surface area contributed by atoms with Gasteiger partial charge in [-0.05, 0) is 114 Å². The Morgan fingerprint density at radius 2 is 0.885 bits per heavy atom. The van der Waals surface area contributed by atoms with Gasteiger partial charge in [-0.25, -0.2) is 9.97 Å². The standard InChI is InChI=1S/C58H41N3/c1-58(2)52-29-28-47(35-51(52)56-50-22-7-6-12-39(50)27-30-53(56)58)45-18-9-16-43(33-45)42-15-8-17-44(32-42)46-19-10-20-48(34-46)55-36-54(60-57(61-55)41-13-4-3-5-14-41)40-25-23-38(24-26-40)49-21-11-31-59-37-49/h3-37H,1-2H3. The molecule has 10 aromatic rings. The van der Waals surface area contributed by atoms with Gasteiger partial charge in [0.05, 0.1) is 11.4 Å². The summed E-state index contributed by atoms with van der Waals surface area (Å²) in [6.07, 6.45) is 3.69. The van der Waals surface area contributed by atoms with Crippen LogP contribution in [0.3, 0.4) is 0 Å². The maximum atomic E-state index is 5.14. The van der Waals surface area contributed by atoms with Gasteiger partial charge < -0.3 is 0 Å². The lowest BCUT2D eigenvalue weighted by Crippen LogP contribution is -2.14. The first-order chi connectivity index (χ1) is 30.0. The number of rotatable bonds is 7. The van der Waals surface area contributed by atoms with E-state index in [1.165, 1.54) is 55.3 Å². The number of aromatic nitrogens is 3. The quantitative estimate of drug-likeness (QED) is 0.162. The SMILES string of the molecule is CC1(C)c2ccc(-c3cccc(-c4cccc(-c5cccc(-c6cc(-c7ccc(-c8cccnc8)cc7)nc(-c7ccccc7)n6)c5)c4)c3)cc2-c2c1ccc1ccccc21. The van der Waals surface area contributed by atoms with Gasteiger partial charge in [0.2, 0.25) is 0 Å². The van der Waals surface area contributed by atoms with Crippen LogP contribution in [0.25, 0.3) is 100 Å². The van der Waals surface area contributed by atoms with Gasteiger partial charge in [0, 0.05) is 34.5 Å². The molecule has 3 nitrogen and oxygen atoms in total. The van der Waals surface area contributed by atoms with Crippen LogP contribution in [0.4, 0.5) is 0 Å². The molecule has 288 valence electrons. The van der Waals surface area contributed by atoms with E-state index in [2.05, 4.69) is 195 Å². The van der Waals surface area contributed by atoms with E-state index < -0.39 is 0 Å². The van der Waals surface area contributed by atoms with Crippen molar-refractivity contribution in [3.63, 3.8) is 0 Å². The third kappa shape index (κ3) is 6.61. The van der Waals surface area contributed by atoms with Crippen LogP contribution in [0.15, 0.2) is 213 Å². The average molecular weight is 780 g/mol. The number of nitrogens with zero attached hydrogens (tertiary/aromatic N) is 3. The molecular formula is C58H41N3. The van der Waals surface area contributed by atoms with Crippen LogP contribution < -0.4 is 0 Å². The first-order valence-electron chi connectivity index (χ1n) is 20.9. The third-order valence-electron chi connectivity index (χ3n) is 12.4. The highest BCUT2D eigenvalue weighted by atomic mass is 14.9. The van der Waals surface area contributed by atoms with Crippen molar-refractivity contribution in [1.82, 2.24) is 15.0 Å². The van der Waals surface area contributed by atoms with Crippen LogP contribution in [0.1, 0.15) is 25.0 Å². The Morgan fingerprint density at radius 3 is 1.56 bits per heavy atom. The summed E-state index contributed by atoms with van der Waals surface area (Å²) in [7, 11) is 0. The molecule has 2 heterocycles. The number of pyridine rings is 1. The van der Waals surface area contributed by atoms with E-state index >= 15 is 0 Å². The Bertz CT molecular complexity index is 3260. The maximum absolute atomic E-state index is 5.14. The van der Waals surface area contributed by atoms with Crippen LogP contribution >= 0.6 is 0 Å². The van der Waals surface area contributed by atoms with E-state index in [0.717, 1.165) is 50.3 Å². The zero-order valence-electron chi connectivity index (χ0n) is 34.0. The van der Waals surface area contributed by atoms with Gasteiger partial charge in [0.1, 0.15) is 0 Å². The topological polar surface area (TPSA) is 38.7 Å². The van der Waals surface area contributed by atoms with E-state index in [0.29, 0.717) is 5.82 Å². The molecule has 0 spiro atoms. The highest BCUT2D eigenvalue weighted by Gasteiger charge is 2.36. The summed E-state index contributed by atoms with van der Waals surface area (Å²) in [5.74, 6) is 0.696. The van der Waals surface area contributed by atoms with E-state index in [1.54, 1.807) is 6.20 Å². The van der Waals surface area contributed by atoms with Crippen molar-refractivity contribution in [2.24, 2.45) is 0 Å². The summed E-state index contributed by atoms with van der Waals surface area (Å²) < 4.78 is 0. The Hall–Kier alpha value is -7.75. The molecule has 0 radical (unpaired) electrons. The molecule has 0 saturated heterocycles. The van der Waals surface area contributed by atoms with E-state index in [4.69, 9.17) is 9.97 Å². The Balaban J connectivity index is 0.932. The third-order valence-corrected chi connectivity index (χ3v) is 12.4. The predicted molar refractivity (Wildman–Crippen MR) is 253 cm³/mol. The number of hydrogen-bond acceptors (Lipinski definition) is 3. The molecule has 0 aliphatic heterocycles. The minimum atomic E-state index is -0.0555. The van der Waals surface area contributed by atoms with Gasteiger partial charge in [-0.3, -0.25) is 4.98 Å². The van der Waals surface area contributed by atoms with Crippen LogP contribution in [0, 0.1) is 0 Å². The zero-order valence-corrected chi connectivity index (χ0v) is 34.0. The summed E-state index contributed by atoms with van der Waals surface area (Å²) in [6, 6.07) is 71.9. The van der Waals surface area contributed by atoms with Gasteiger partial charge in [-0.2, -0.15) is 0 Å². The highest BCUT2D eigenvalue weighted by Crippen LogP contribution is 2.52. The van der Waals surface area contributed by atoms with Crippen molar-refractivity contribution >= 4 is 10.8 Å². The smallest absolute Gasteiger partial charge is 0.160 e. The highest BCUT2D eigenvalue weighted by molar-refractivity contribution is 6.03. The second-order valence-electron chi connectivity index (χ2n) is 16.5. The Kier molecular flexibility index (Phi) is 8.82. The lowest BCUT2D eigenvalue weighted by atomic mass is 9.82. The van der Waals surface area contributed by atoms with Crippen LogP contribution in [-0.2, 0) is 5.41 Å². The van der Waals surface area contributed by atoms with Crippen molar-refractivity contribution in [2.75, 3.05) is 0 Å². The zero-order chi connectivity index (χ0) is 40.9. The Labute approximate surface area is 356 Å². The summed E-state index contributed by atoms with van der Waals surface area (Å²) in [6.45, 7) is 4.71. The summed E-state index contributed by atoms with van der Waals surface area (Å²) in [5, 5.41) is 2.60. The molecule has 0 N–H and O–H groups in total. The number of fused-ring (bicyclic) bond motifs is 5. The van der Waals surface area contributed by atoms with Crippen LogP contribution in [0.2, 0.25) is 0 Å². The lowest BCUT2D eigenvalue weighted by molar-refractivity contribution is 0.661. The first-order valence-corrected chi connectivity index (χ1v) is 20.9. The Morgan fingerprint density at radius 1 is 0.361 bits per heavy atom. The van der Waals surface area contributed by atoms with Crippen molar-refractivity contribution in [3.8, 4) is 89.5 Å². The van der Waals surface area contributed by atoms with Crippen molar-refractivity contribution < 1.29 is 0 Å². The molecule has 0 bridgehead atoms. The normalized spacial score (nSPS) is 12.6. The van der Waals surface area contributed by atoms with Gasteiger partial charge >= 0.3 is 0 Å². The number of hydrogen-bond donors (Lipinski definition) is 0. The molecule has 1 aliphatic rings. The van der Waals surface area contributed by atoms with E-state index in [9.17, 15) is 0 Å². The maximum Gasteiger partial charge on any atom is 0.160 e. The average Bonchev–Trinajstić information content (AvgIpc) is 3.57. The molecule has 2 aromatic heterocycles. The fraction of sp³-hybridized carbons (Fsp3) is 0.0517. The fourth-order valence-corrected chi connectivity index (χ4v) is 9.14. The van der Waals surface area contributed by atoms with Crippen LogP contribution in [0.5, 0.6) is 0 Å². The number of benzene rings is 8. The van der Waals surface area contributed by atoms with Crippen molar-refractivity contribution in [1.29, 1.82) is 0 Å². The predicted octanol–water partition coefficient (Wildman–Crippen LogP) is 15.0. The van der Waals surface area contributed by atoms with Crippen LogP contribution in [-0.4, -0.2) is 15.0 Å². The largest absolute Gasteiger partial charge is 0.264 e. The van der Waals surface area contributed by atoms with Crippen molar-refractivity contribution in [2.45, 2.75) is 19.3 Å². The molecule has 3 heteroatoms. The first kappa shape index (κ1) is 36.3. The van der Waals surface area contributed by atoms with E-state index in [-0.39, 0.29) is 5.41 Å². The molecule has 11 rings (SSSR count). The van der Waals surface area contributed by atoms with Gasteiger partial charge in [-0.15, -0.1) is 0 Å². The van der Waals surface area contributed by atoms with E-state index in [1.807, 2.05) is 30.5 Å². The molecular weight excluding hydrogens is 739 g/mol. The van der Waals surface area contributed by atoms with Gasteiger partial charge in [0.25, 0.3) is 0 Å². The fourth-order valence-electron chi connectivity index (χ4n) is 9.14. The summed E-state index contributed by atoms with van der Waals surface area (Å²) in [5.41, 5.74) is 19.5. The lowest BCUT2D eigenvalue weighted by Gasteiger charge is -2.21. The summed E-state index contributed by atoms with van der Waals surface area (Å²) >= 11 is 0. The molecule has 61 heavy (non-hydrogen) atoms. The molecule has 0 unspecified atom stereocenters. The molecule has 8 aromatic carbocycles. The molecule has 0 atom stereocenters. The van der Waals surface area contributed by atoms with Crippen molar-refractivity contribution in [3.05, 3.63) is 224 Å². The molecule has 0 fully saturated rings. The molecule has 0 amide bonds. The minimum absolute atomic E-state index is 0.0555. The molecule has 1 aliphatic carbocycles. The second kappa shape index (κ2) is 14.8. The summed E-state index contributed by atoms with van der Waals surface area (Å²) in [4.78, 5) is 14.5. The van der Waals surface area contributed by atoms with Gasteiger partial charge in [-0.1, -0.05) is 178 Å². The minimum Gasteiger partial charge on any atom is -0.264 e. The second-order valence-corrected chi connectivity index (χ2v) is 16.5.